The minimum Gasteiger partial charge on any atom is -0.352 e. The van der Waals surface area contributed by atoms with E-state index in [2.05, 4.69) is 34.7 Å². The molecule has 0 aliphatic heterocycles. The molecule has 3 amide bonds. The highest BCUT2D eigenvalue weighted by molar-refractivity contribution is 5.94. The lowest BCUT2D eigenvalue weighted by molar-refractivity contribution is 0.0949. The molecule has 0 aromatic heterocycles. The molecule has 1 aromatic rings. The molecule has 0 bridgehead atoms. The van der Waals surface area contributed by atoms with E-state index in [9.17, 15) is 14.0 Å². The molecule has 0 aliphatic carbocycles. The lowest BCUT2D eigenvalue weighted by atomic mass is 10.2. The summed E-state index contributed by atoms with van der Waals surface area (Å²) in [6.07, 6.45) is 1.49. The first-order valence-corrected chi connectivity index (χ1v) is 8.85. The van der Waals surface area contributed by atoms with E-state index in [-0.39, 0.29) is 11.6 Å². The van der Waals surface area contributed by atoms with Crippen molar-refractivity contribution < 1.29 is 14.0 Å². The molecule has 0 fully saturated rings. The second kappa shape index (κ2) is 12.2. The fourth-order valence-corrected chi connectivity index (χ4v) is 2.34. The van der Waals surface area contributed by atoms with Gasteiger partial charge in [0.15, 0.2) is 0 Å². The molecule has 0 radical (unpaired) electrons. The Hall–Kier alpha value is -2.15. The van der Waals surface area contributed by atoms with Crippen LogP contribution in [0.1, 0.15) is 37.0 Å². The number of hydrogen-bond acceptors (Lipinski definition) is 3. The van der Waals surface area contributed by atoms with Crippen molar-refractivity contribution in [3.05, 3.63) is 35.6 Å². The lowest BCUT2D eigenvalue weighted by Crippen LogP contribution is -2.38. The summed E-state index contributed by atoms with van der Waals surface area (Å²) in [5.74, 6) is -0.985. The van der Waals surface area contributed by atoms with Gasteiger partial charge < -0.3 is 20.9 Å². The summed E-state index contributed by atoms with van der Waals surface area (Å²) in [7, 11) is 0. The number of benzene rings is 1. The van der Waals surface area contributed by atoms with Gasteiger partial charge in [-0.1, -0.05) is 26.0 Å². The van der Waals surface area contributed by atoms with Gasteiger partial charge in [0, 0.05) is 19.6 Å². The molecule has 7 heteroatoms. The number of carbonyl (C=O) groups is 2. The Morgan fingerprint density at radius 3 is 2.20 bits per heavy atom. The predicted molar refractivity (Wildman–Crippen MR) is 97.2 cm³/mol. The Labute approximate surface area is 149 Å². The maximum absolute atomic E-state index is 13.4. The summed E-state index contributed by atoms with van der Waals surface area (Å²) in [5.41, 5.74) is 0.0291. The number of halogens is 1. The topological polar surface area (TPSA) is 73.5 Å². The van der Waals surface area contributed by atoms with Gasteiger partial charge in [0.1, 0.15) is 5.82 Å². The third-order valence-electron chi connectivity index (χ3n) is 3.87. The molecule has 0 heterocycles. The van der Waals surface area contributed by atoms with Gasteiger partial charge in [0.25, 0.3) is 5.91 Å². The van der Waals surface area contributed by atoms with E-state index in [0.717, 1.165) is 26.1 Å². The van der Waals surface area contributed by atoms with Gasteiger partial charge in [-0.3, -0.25) is 4.79 Å². The van der Waals surface area contributed by atoms with Crippen LogP contribution in [-0.2, 0) is 0 Å². The summed E-state index contributed by atoms with van der Waals surface area (Å²) in [6.45, 7) is 8.68. The van der Waals surface area contributed by atoms with Crippen molar-refractivity contribution >= 4 is 11.9 Å². The van der Waals surface area contributed by atoms with Crippen LogP contribution in [-0.4, -0.2) is 56.1 Å². The van der Waals surface area contributed by atoms with E-state index in [0.29, 0.717) is 26.1 Å². The zero-order chi connectivity index (χ0) is 18.5. The average Bonchev–Trinajstić information content (AvgIpc) is 2.61. The van der Waals surface area contributed by atoms with Crippen molar-refractivity contribution in [2.24, 2.45) is 0 Å². The molecule has 0 unspecified atom stereocenters. The first kappa shape index (κ1) is 20.9. The summed E-state index contributed by atoms with van der Waals surface area (Å²) < 4.78 is 13.4. The van der Waals surface area contributed by atoms with Crippen LogP contribution in [0.5, 0.6) is 0 Å². The van der Waals surface area contributed by atoms with Gasteiger partial charge in [-0.25, -0.2) is 9.18 Å². The molecule has 0 spiro atoms. The molecule has 0 saturated carbocycles. The van der Waals surface area contributed by atoms with Crippen LogP contribution in [0.3, 0.4) is 0 Å². The number of carbonyl (C=O) groups excluding carboxylic acids is 2. The fourth-order valence-electron chi connectivity index (χ4n) is 2.34. The summed E-state index contributed by atoms with van der Waals surface area (Å²) >= 11 is 0. The van der Waals surface area contributed by atoms with E-state index in [1.165, 1.54) is 18.2 Å². The van der Waals surface area contributed by atoms with Crippen LogP contribution in [0.2, 0.25) is 0 Å². The molecule has 0 aliphatic rings. The van der Waals surface area contributed by atoms with Crippen LogP contribution >= 0.6 is 0 Å². The monoisotopic (exact) mass is 352 g/mol. The largest absolute Gasteiger partial charge is 0.352 e. The lowest BCUT2D eigenvalue weighted by Gasteiger charge is -2.17. The summed E-state index contributed by atoms with van der Waals surface area (Å²) in [4.78, 5) is 25.7. The van der Waals surface area contributed by atoms with Crippen molar-refractivity contribution in [2.75, 3.05) is 39.3 Å². The molecule has 1 aromatic carbocycles. The van der Waals surface area contributed by atoms with Gasteiger partial charge in [-0.15, -0.1) is 0 Å². The van der Waals surface area contributed by atoms with Crippen LogP contribution in [0.25, 0.3) is 0 Å². The highest BCUT2D eigenvalue weighted by Crippen LogP contribution is 2.05. The second-order valence-electron chi connectivity index (χ2n) is 5.65. The molecule has 3 N–H and O–H groups in total. The number of hydrogen-bond donors (Lipinski definition) is 3. The van der Waals surface area contributed by atoms with E-state index in [1.54, 1.807) is 6.07 Å². The van der Waals surface area contributed by atoms with Gasteiger partial charge in [-0.2, -0.15) is 0 Å². The number of rotatable bonds is 11. The Bertz CT molecular complexity index is 536. The van der Waals surface area contributed by atoms with Gasteiger partial charge in [0.2, 0.25) is 0 Å². The third-order valence-corrected chi connectivity index (χ3v) is 3.87. The number of amides is 3. The Morgan fingerprint density at radius 1 is 0.960 bits per heavy atom. The van der Waals surface area contributed by atoms with Crippen LogP contribution in [0.15, 0.2) is 24.3 Å². The van der Waals surface area contributed by atoms with Crippen LogP contribution in [0.4, 0.5) is 9.18 Å². The predicted octanol–water partition coefficient (Wildman–Crippen LogP) is 1.98. The quantitative estimate of drug-likeness (QED) is 0.533. The fraction of sp³-hybridized carbons (Fsp3) is 0.556. The zero-order valence-electron chi connectivity index (χ0n) is 15.1. The minimum absolute atomic E-state index is 0.0291. The van der Waals surface area contributed by atoms with Crippen molar-refractivity contribution in [1.82, 2.24) is 20.9 Å². The Balaban J connectivity index is 2.06. The second-order valence-corrected chi connectivity index (χ2v) is 5.65. The zero-order valence-corrected chi connectivity index (χ0v) is 15.1. The van der Waals surface area contributed by atoms with E-state index in [1.807, 2.05) is 0 Å². The van der Waals surface area contributed by atoms with Crippen molar-refractivity contribution in [3.8, 4) is 0 Å². The Kier molecular flexibility index (Phi) is 10.2. The van der Waals surface area contributed by atoms with Crippen molar-refractivity contribution in [1.29, 1.82) is 0 Å². The molecule has 1 rings (SSSR count). The SMILES string of the molecule is CCN(CC)CCCNC(=O)NCCCNC(=O)c1ccccc1F. The van der Waals surface area contributed by atoms with Gasteiger partial charge in [-0.05, 0) is 44.6 Å². The molecular formula is C18H29FN4O2. The molecule has 6 nitrogen and oxygen atoms in total. The van der Waals surface area contributed by atoms with Gasteiger partial charge >= 0.3 is 6.03 Å². The van der Waals surface area contributed by atoms with E-state index < -0.39 is 11.7 Å². The molecule has 0 atom stereocenters. The summed E-state index contributed by atoms with van der Waals surface area (Å²) in [5, 5.41) is 8.18. The molecule has 0 saturated heterocycles. The smallest absolute Gasteiger partial charge is 0.314 e. The minimum atomic E-state index is -0.540. The maximum atomic E-state index is 13.4. The molecule has 25 heavy (non-hydrogen) atoms. The standard InChI is InChI=1S/C18H29FN4O2/c1-3-23(4-2)14-8-13-22-18(25)21-12-7-11-20-17(24)15-9-5-6-10-16(15)19/h5-6,9-10H,3-4,7-8,11-14H2,1-2H3,(H,20,24)(H2,21,22,25). The van der Waals surface area contributed by atoms with Crippen molar-refractivity contribution in [2.45, 2.75) is 26.7 Å². The van der Waals surface area contributed by atoms with Crippen LogP contribution < -0.4 is 16.0 Å². The molecule has 140 valence electrons. The van der Waals surface area contributed by atoms with Gasteiger partial charge in [0.05, 0.1) is 5.56 Å². The highest BCUT2D eigenvalue weighted by Gasteiger charge is 2.09. The van der Waals surface area contributed by atoms with E-state index in [4.69, 9.17) is 0 Å². The first-order valence-electron chi connectivity index (χ1n) is 8.85. The first-order chi connectivity index (χ1) is 12.1. The van der Waals surface area contributed by atoms with Crippen molar-refractivity contribution in [3.63, 3.8) is 0 Å². The number of urea groups is 1. The van der Waals surface area contributed by atoms with E-state index >= 15 is 0 Å². The van der Waals surface area contributed by atoms with Crippen LogP contribution in [0, 0.1) is 5.82 Å². The maximum Gasteiger partial charge on any atom is 0.314 e. The number of nitrogens with zero attached hydrogens (tertiary/aromatic N) is 1. The normalized spacial score (nSPS) is 10.6. The molecular weight excluding hydrogens is 323 g/mol. The third kappa shape index (κ3) is 8.49. The highest BCUT2D eigenvalue weighted by atomic mass is 19.1. The average molecular weight is 352 g/mol. The Morgan fingerprint density at radius 2 is 1.56 bits per heavy atom. The summed E-state index contributed by atoms with van der Waals surface area (Å²) in [6, 6.07) is 5.64. The number of nitrogens with one attached hydrogen (secondary N) is 3.